The van der Waals surface area contributed by atoms with E-state index < -0.39 is 0 Å². The van der Waals surface area contributed by atoms with E-state index in [2.05, 4.69) is 237 Å². The summed E-state index contributed by atoms with van der Waals surface area (Å²) in [5.41, 5.74) is 24.1. The second kappa shape index (κ2) is 24.6. The van der Waals surface area contributed by atoms with E-state index in [1.807, 2.05) is 103 Å². The molecule has 0 aliphatic heterocycles. The summed E-state index contributed by atoms with van der Waals surface area (Å²) < 4.78 is 13.4. The number of furan rings is 2. The van der Waals surface area contributed by atoms with Gasteiger partial charge in [0.2, 0.25) is 0 Å². The predicted molar refractivity (Wildman–Crippen MR) is 398 cm³/mol. The third-order valence-electron chi connectivity index (χ3n) is 18.4. The van der Waals surface area contributed by atoms with Crippen molar-refractivity contribution in [1.29, 1.82) is 0 Å². The van der Waals surface area contributed by atoms with Gasteiger partial charge >= 0.3 is 0 Å². The number of hydrogen-bond donors (Lipinski definition) is 0. The van der Waals surface area contributed by atoms with Crippen molar-refractivity contribution in [3.05, 3.63) is 340 Å². The molecule has 0 N–H and O–H groups in total. The number of rotatable bonds is 13. The minimum Gasteiger partial charge on any atom is -0.456 e. The summed E-state index contributed by atoms with van der Waals surface area (Å²) >= 11 is 0. The minimum absolute atomic E-state index is 0.556. The van der Waals surface area contributed by atoms with E-state index in [1.165, 1.54) is 0 Å². The fourth-order valence-electron chi connectivity index (χ4n) is 13.5. The van der Waals surface area contributed by atoms with Gasteiger partial charge in [0.25, 0.3) is 0 Å². The Labute approximate surface area is 565 Å². The van der Waals surface area contributed by atoms with Gasteiger partial charge in [-0.3, -0.25) is 0 Å². The molecule has 18 rings (SSSR count). The van der Waals surface area contributed by atoms with E-state index in [-0.39, 0.29) is 0 Å². The van der Waals surface area contributed by atoms with Crippen molar-refractivity contribution in [2.75, 3.05) is 0 Å². The maximum atomic E-state index is 6.74. The van der Waals surface area contributed by atoms with E-state index >= 15 is 0 Å². The summed E-state index contributed by atoms with van der Waals surface area (Å²) in [7, 11) is 0. The Hall–Kier alpha value is -13.3. The first kappa shape index (κ1) is 57.4. The molecular formula is C90H56N6O2. The number of benzene rings is 14. The van der Waals surface area contributed by atoms with Crippen molar-refractivity contribution in [2.24, 2.45) is 0 Å². The second-order valence-corrected chi connectivity index (χ2v) is 24.5. The maximum Gasteiger partial charge on any atom is 0.164 e. The zero-order valence-corrected chi connectivity index (χ0v) is 52.8. The van der Waals surface area contributed by atoms with Crippen LogP contribution in [0.15, 0.2) is 349 Å². The molecule has 0 unspecified atom stereocenters. The molecule has 98 heavy (non-hydrogen) atoms. The van der Waals surface area contributed by atoms with Crippen LogP contribution in [0.1, 0.15) is 0 Å². The van der Waals surface area contributed by atoms with Crippen LogP contribution in [-0.2, 0) is 0 Å². The fourth-order valence-corrected chi connectivity index (χ4v) is 13.5. The molecule has 0 aliphatic carbocycles. The topological polar surface area (TPSA) is 104 Å². The van der Waals surface area contributed by atoms with E-state index in [9.17, 15) is 0 Å². The quantitative estimate of drug-likeness (QED) is 0.112. The largest absolute Gasteiger partial charge is 0.456 e. The van der Waals surface area contributed by atoms with Crippen LogP contribution in [0.2, 0.25) is 0 Å². The Morgan fingerprint density at radius 1 is 0.153 bits per heavy atom. The lowest BCUT2D eigenvalue weighted by atomic mass is 9.91. The van der Waals surface area contributed by atoms with Crippen LogP contribution in [-0.4, -0.2) is 29.9 Å². The second-order valence-electron chi connectivity index (χ2n) is 24.5. The van der Waals surface area contributed by atoms with Crippen molar-refractivity contribution >= 4 is 43.9 Å². The Kier molecular flexibility index (Phi) is 14.4. The van der Waals surface area contributed by atoms with Gasteiger partial charge in [0.05, 0.1) is 0 Å². The molecule has 8 heteroatoms. The molecule has 0 fully saturated rings. The average molecular weight is 1250 g/mol. The molecule has 0 spiro atoms. The van der Waals surface area contributed by atoms with Crippen molar-refractivity contribution in [1.82, 2.24) is 29.9 Å². The highest BCUT2D eigenvalue weighted by molar-refractivity contribution is 6.14. The first-order valence-electron chi connectivity index (χ1n) is 32.8. The Morgan fingerprint density at radius 3 is 0.796 bits per heavy atom. The zero-order valence-electron chi connectivity index (χ0n) is 52.8. The molecule has 8 nitrogen and oxygen atoms in total. The van der Waals surface area contributed by atoms with Gasteiger partial charge in [-0.1, -0.05) is 273 Å². The normalized spacial score (nSPS) is 11.5. The van der Waals surface area contributed by atoms with E-state index in [1.54, 1.807) is 0 Å². The highest BCUT2D eigenvalue weighted by Gasteiger charge is 2.21. The molecule has 18 aromatic rings. The van der Waals surface area contributed by atoms with Gasteiger partial charge in [-0.05, 0) is 145 Å². The zero-order chi connectivity index (χ0) is 64.9. The summed E-state index contributed by atoms with van der Waals surface area (Å²) in [6.45, 7) is 0. The van der Waals surface area contributed by atoms with Gasteiger partial charge in [-0.25, -0.2) is 29.9 Å². The van der Waals surface area contributed by atoms with Gasteiger partial charge in [0, 0.05) is 54.9 Å². The van der Waals surface area contributed by atoms with Crippen LogP contribution >= 0.6 is 0 Å². The first-order valence-corrected chi connectivity index (χ1v) is 32.8. The number of nitrogens with zero attached hydrogens (tertiary/aromatic N) is 6. The van der Waals surface area contributed by atoms with Gasteiger partial charge in [-0.2, -0.15) is 0 Å². The molecule has 4 heterocycles. The Balaban J connectivity index is 0.616. The molecule has 0 aliphatic rings. The third-order valence-corrected chi connectivity index (χ3v) is 18.4. The molecule has 458 valence electrons. The fraction of sp³-hybridized carbons (Fsp3) is 0. The molecule has 0 radical (unpaired) electrons. The van der Waals surface area contributed by atoms with Crippen LogP contribution in [0.4, 0.5) is 0 Å². The van der Waals surface area contributed by atoms with Gasteiger partial charge in [-0.15, -0.1) is 0 Å². The highest BCUT2D eigenvalue weighted by Crippen LogP contribution is 2.43. The molecule has 4 aromatic heterocycles. The number of aromatic nitrogens is 6. The Bertz CT molecular complexity index is 5900. The van der Waals surface area contributed by atoms with Crippen molar-refractivity contribution < 1.29 is 8.83 Å². The third kappa shape index (κ3) is 10.9. The van der Waals surface area contributed by atoms with E-state index in [0.717, 1.165) is 155 Å². The highest BCUT2D eigenvalue weighted by atomic mass is 16.3. The standard InChI is InChI=1S/C90H56N6O2/c1-6-20-57(21-7-1)72-52-73(58-22-8-2-9-23-58)54-74(53-72)76-35-19-37-80-84(76)78-49-47-71(56-82(78)98-80)90-95-87(64-28-14-5-15-29-64)92-88(96-90)65-44-42-61(43-45-65)67-31-16-30-66(50-67)59-38-40-60(41-39-59)68-32-17-33-69(51-68)75-34-18-36-79-83(75)77-48-46-70(55-81(77)97-79)89-93-85(62-24-10-3-11-25-62)91-86(94-89)63-26-12-4-13-27-63/h1-56H. The van der Waals surface area contributed by atoms with E-state index in [4.69, 9.17) is 38.7 Å². The lowest BCUT2D eigenvalue weighted by Crippen LogP contribution is -2.00. The van der Waals surface area contributed by atoms with Crippen LogP contribution < -0.4 is 0 Å². The Morgan fingerprint density at radius 2 is 0.408 bits per heavy atom. The number of fused-ring (bicyclic) bond motifs is 6. The van der Waals surface area contributed by atoms with Crippen molar-refractivity contribution in [3.8, 4) is 146 Å². The molecule has 0 saturated carbocycles. The molecule has 0 bridgehead atoms. The summed E-state index contributed by atoms with van der Waals surface area (Å²) in [4.78, 5) is 30.3. The predicted octanol–water partition coefficient (Wildman–Crippen LogP) is 23.5. The SMILES string of the molecule is c1ccc(-c2cc(-c3ccccc3)cc(-c3cccc4oc5cc(-c6nc(-c7ccccc7)nc(-c7ccc(-c8cccc(-c9ccc(-c%10cccc(-c%11cccc%12oc%13cc(-c%14nc(-c%15ccccc%15)nc(-c%15ccccc%15)n%14)ccc%13c%11%12)c%10)cc9)c8)cc7)n6)ccc5c34)c2)cc1. The lowest BCUT2D eigenvalue weighted by molar-refractivity contribution is 0.668. The van der Waals surface area contributed by atoms with Crippen LogP contribution in [0.25, 0.3) is 190 Å². The summed E-state index contributed by atoms with van der Waals surface area (Å²) in [6, 6.07) is 118. The van der Waals surface area contributed by atoms with Gasteiger partial charge in [0.1, 0.15) is 22.3 Å². The smallest absolute Gasteiger partial charge is 0.164 e. The van der Waals surface area contributed by atoms with Crippen LogP contribution in [0, 0.1) is 0 Å². The summed E-state index contributed by atoms with van der Waals surface area (Å²) in [5, 5.41) is 4.15. The van der Waals surface area contributed by atoms with Crippen LogP contribution in [0.3, 0.4) is 0 Å². The van der Waals surface area contributed by atoms with E-state index in [0.29, 0.717) is 34.9 Å². The number of hydrogen-bond acceptors (Lipinski definition) is 8. The minimum atomic E-state index is 0.556. The average Bonchev–Trinajstić information content (AvgIpc) is 1.58. The molecule has 0 saturated heterocycles. The summed E-state index contributed by atoms with van der Waals surface area (Å²) in [5.74, 6) is 3.53. The monoisotopic (exact) mass is 1250 g/mol. The molecule has 0 amide bonds. The molecule has 14 aromatic carbocycles. The van der Waals surface area contributed by atoms with Crippen LogP contribution in [0.5, 0.6) is 0 Å². The van der Waals surface area contributed by atoms with Gasteiger partial charge < -0.3 is 8.83 Å². The summed E-state index contributed by atoms with van der Waals surface area (Å²) in [6.07, 6.45) is 0. The maximum absolute atomic E-state index is 6.74. The first-order chi connectivity index (χ1) is 48.5. The molecule has 0 atom stereocenters. The van der Waals surface area contributed by atoms with Crippen molar-refractivity contribution in [3.63, 3.8) is 0 Å². The van der Waals surface area contributed by atoms with Gasteiger partial charge in [0.15, 0.2) is 34.9 Å². The molecular weight excluding hydrogens is 1200 g/mol. The van der Waals surface area contributed by atoms with Crippen molar-refractivity contribution in [2.45, 2.75) is 0 Å². The lowest BCUT2D eigenvalue weighted by Gasteiger charge is -2.12.